The summed E-state index contributed by atoms with van der Waals surface area (Å²) < 4.78 is 7.18. The Bertz CT molecular complexity index is 1020. The number of aromatic nitrogens is 3. The van der Waals surface area contributed by atoms with Crippen molar-refractivity contribution in [3.63, 3.8) is 0 Å². The third-order valence-electron chi connectivity index (χ3n) is 4.74. The van der Waals surface area contributed by atoms with Gasteiger partial charge in [-0.1, -0.05) is 29.5 Å². The SMILES string of the molecule is Cc1c(C(=O)Nc2ccc3c(c2)B(O)OC3(C)C)nnn1-c1ccccc1. The number of carbonyl (C=O) groups is 1. The lowest BCUT2D eigenvalue weighted by atomic mass is 9.78. The van der Waals surface area contributed by atoms with Crippen molar-refractivity contribution in [3.8, 4) is 5.69 Å². The number of amides is 1. The van der Waals surface area contributed by atoms with E-state index in [1.54, 1.807) is 23.7 Å². The van der Waals surface area contributed by atoms with Crippen LogP contribution in [0, 0.1) is 6.92 Å². The maximum atomic E-state index is 12.7. The van der Waals surface area contributed by atoms with Gasteiger partial charge in [0, 0.05) is 5.69 Å². The maximum Gasteiger partial charge on any atom is 0.492 e. The number of para-hydroxylation sites is 1. The summed E-state index contributed by atoms with van der Waals surface area (Å²) in [6.45, 7) is 5.59. The first kappa shape index (κ1) is 17.4. The quantitative estimate of drug-likeness (QED) is 0.694. The molecular formula is C19H19BN4O3. The highest BCUT2D eigenvalue weighted by molar-refractivity contribution is 6.62. The van der Waals surface area contributed by atoms with E-state index in [1.807, 2.05) is 50.2 Å². The molecule has 1 amide bonds. The zero-order valence-corrected chi connectivity index (χ0v) is 15.3. The van der Waals surface area contributed by atoms with Crippen molar-refractivity contribution >= 4 is 24.2 Å². The lowest BCUT2D eigenvalue weighted by Gasteiger charge is -2.19. The van der Waals surface area contributed by atoms with E-state index < -0.39 is 12.7 Å². The van der Waals surface area contributed by atoms with E-state index in [9.17, 15) is 9.82 Å². The monoisotopic (exact) mass is 362 g/mol. The Morgan fingerprint density at radius 1 is 1.22 bits per heavy atom. The molecule has 1 aromatic heterocycles. The molecule has 2 N–H and O–H groups in total. The average molecular weight is 362 g/mol. The smallest absolute Gasteiger partial charge is 0.423 e. The first-order valence-electron chi connectivity index (χ1n) is 8.66. The molecule has 7 nitrogen and oxygen atoms in total. The first-order valence-corrected chi connectivity index (χ1v) is 8.66. The van der Waals surface area contributed by atoms with Crippen LogP contribution in [0.15, 0.2) is 48.5 Å². The molecule has 0 fully saturated rings. The van der Waals surface area contributed by atoms with Crippen molar-refractivity contribution in [2.45, 2.75) is 26.4 Å². The second-order valence-electron chi connectivity index (χ2n) is 7.01. The summed E-state index contributed by atoms with van der Waals surface area (Å²) in [5.74, 6) is -0.359. The zero-order valence-electron chi connectivity index (χ0n) is 15.3. The summed E-state index contributed by atoms with van der Waals surface area (Å²) in [7, 11) is -1.01. The van der Waals surface area contributed by atoms with Crippen molar-refractivity contribution in [1.82, 2.24) is 15.0 Å². The minimum absolute atomic E-state index is 0.247. The van der Waals surface area contributed by atoms with Gasteiger partial charge < -0.3 is 15.0 Å². The van der Waals surface area contributed by atoms with E-state index >= 15 is 0 Å². The molecule has 0 aliphatic carbocycles. The van der Waals surface area contributed by atoms with Gasteiger partial charge in [0.2, 0.25) is 0 Å². The summed E-state index contributed by atoms with van der Waals surface area (Å²) in [6.07, 6.45) is 0. The van der Waals surface area contributed by atoms with Gasteiger partial charge in [-0.3, -0.25) is 4.79 Å². The van der Waals surface area contributed by atoms with Gasteiger partial charge in [0.15, 0.2) is 5.69 Å². The molecule has 3 aromatic rings. The molecule has 8 heteroatoms. The van der Waals surface area contributed by atoms with Crippen LogP contribution in [-0.2, 0) is 10.3 Å². The van der Waals surface area contributed by atoms with Crippen LogP contribution in [-0.4, -0.2) is 33.0 Å². The Morgan fingerprint density at radius 2 is 1.96 bits per heavy atom. The maximum absolute atomic E-state index is 12.7. The largest absolute Gasteiger partial charge is 0.492 e. The minimum atomic E-state index is -1.01. The molecule has 0 unspecified atom stereocenters. The van der Waals surface area contributed by atoms with Gasteiger partial charge in [-0.15, -0.1) is 5.10 Å². The van der Waals surface area contributed by atoms with Gasteiger partial charge in [-0.25, -0.2) is 4.68 Å². The Balaban J connectivity index is 1.59. The zero-order chi connectivity index (χ0) is 19.2. The summed E-state index contributed by atoms with van der Waals surface area (Å²) in [5, 5.41) is 21.0. The van der Waals surface area contributed by atoms with Crippen LogP contribution >= 0.6 is 0 Å². The molecule has 27 heavy (non-hydrogen) atoms. The van der Waals surface area contributed by atoms with Crippen LogP contribution in [0.2, 0.25) is 0 Å². The van der Waals surface area contributed by atoms with Gasteiger partial charge >= 0.3 is 7.12 Å². The lowest BCUT2D eigenvalue weighted by molar-refractivity contribution is 0.100. The fraction of sp³-hybridized carbons (Fsp3) is 0.211. The molecule has 0 spiro atoms. The van der Waals surface area contributed by atoms with Gasteiger partial charge in [0.05, 0.1) is 17.0 Å². The van der Waals surface area contributed by atoms with Crippen molar-refractivity contribution in [3.05, 3.63) is 65.5 Å². The molecule has 1 aliphatic heterocycles. The molecule has 2 aromatic carbocycles. The number of anilines is 1. The molecule has 4 rings (SSSR count). The van der Waals surface area contributed by atoms with Crippen LogP contribution in [0.1, 0.15) is 35.6 Å². The number of nitrogens with one attached hydrogen (secondary N) is 1. The lowest BCUT2D eigenvalue weighted by Crippen LogP contribution is -2.29. The van der Waals surface area contributed by atoms with Crippen molar-refractivity contribution < 1.29 is 14.5 Å². The predicted octanol–water partition coefficient (Wildman–Crippen LogP) is 1.78. The molecule has 0 saturated heterocycles. The van der Waals surface area contributed by atoms with Crippen LogP contribution in [0.5, 0.6) is 0 Å². The van der Waals surface area contributed by atoms with Crippen LogP contribution in [0.3, 0.4) is 0 Å². The third-order valence-corrected chi connectivity index (χ3v) is 4.74. The summed E-state index contributed by atoms with van der Waals surface area (Å²) in [4.78, 5) is 12.7. The van der Waals surface area contributed by atoms with Crippen molar-refractivity contribution in [2.24, 2.45) is 0 Å². The van der Waals surface area contributed by atoms with E-state index in [-0.39, 0.29) is 11.6 Å². The molecule has 0 saturated carbocycles. The summed E-state index contributed by atoms with van der Waals surface area (Å²) in [5.41, 5.74) is 3.28. The van der Waals surface area contributed by atoms with Gasteiger partial charge in [0.25, 0.3) is 5.91 Å². The standard InChI is InChI=1S/C19H19BN4O3/c1-12-17(22-23-24(12)14-7-5-4-6-8-14)18(25)21-13-9-10-15-16(11-13)20(26)27-19(15,2)3/h4-11,26H,1-3H3,(H,21,25). The fourth-order valence-corrected chi connectivity index (χ4v) is 3.34. The average Bonchev–Trinajstić information content (AvgIpc) is 3.13. The number of hydrogen-bond donors (Lipinski definition) is 2. The highest BCUT2D eigenvalue weighted by atomic mass is 16.5. The van der Waals surface area contributed by atoms with E-state index in [4.69, 9.17) is 4.65 Å². The molecule has 0 bridgehead atoms. The number of rotatable bonds is 3. The number of carbonyl (C=O) groups excluding carboxylic acids is 1. The van der Waals surface area contributed by atoms with E-state index in [1.165, 1.54) is 0 Å². The Hall–Kier alpha value is -2.97. The highest BCUT2D eigenvalue weighted by Crippen LogP contribution is 2.30. The van der Waals surface area contributed by atoms with Crippen LogP contribution in [0.25, 0.3) is 5.69 Å². The molecule has 2 heterocycles. The minimum Gasteiger partial charge on any atom is -0.423 e. The number of benzene rings is 2. The molecule has 136 valence electrons. The van der Waals surface area contributed by atoms with Crippen molar-refractivity contribution in [1.29, 1.82) is 0 Å². The number of hydrogen-bond acceptors (Lipinski definition) is 5. The van der Waals surface area contributed by atoms with E-state index in [2.05, 4.69) is 15.6 Å². The fourth-order valence-electron chi connectivity index (χ4n) is 3.34. The Morgan fingerprint density at radius 3 is 2.70 bits per heavy atom. The highest BCUT2D eigenvalue weighted by Gasteiger charge is 2.40. The molecule has 1 aliphatic rings. The molecule has 0 radical (unpaired) electrons. The Labute approximate surface area is 157 Å². The van der Waals surface area contributed by atoms with Crippen LogP contribution in [0.4, 0.5) is 5.69 Å². The van der Waals surface area contributed by atoms with Gasteiger partial charge in [-0.2, -0.15) is 0 Å². The number of fused-ring (bicyclic) bond motifs is 1. The van der Waals surface area contributed by atoms with Crippen LogP contribution < -0.4 is 10.8 Å². The second kappa shape index (κ2) is 6.33. The topological polar surface area (TPSA) is 89.3 Å². The predicted molar refractivity (Wildman–Crippen MR) is 102 cm³/mol. The van der Waals surface area contributed by atoms with Gasteiger partial charge in [-0.05, 0) is 56.1 Å². The van der Waals surface area contributed by atoms with E-state index in [0.29, 0.717) is 16.8 Å². The molecule has 0 atom stereocenters. The molecular weight excluding hydrogens is 343 g/mol. The third kappa shape index (κ3) is 3.03. The van der Waals surface area contributed by atoms with E-state index in [0.717, 1.165) is 11.3 Å². The number of nitrogens with zero attached hydrogens (tertiary/aromatic N) is 3. The second-order valence-corrected chi connectivity index (χ2v) is 7.01. The van der Waals surface area contributed by atoms with Gasteiger partial charge in [0.1, 0.15) is 0 Å². The summed E-state index contributed by atoms with van der Waals surface area (Å²) in [6, 6.07) is 14.9. The Kier molecular flexibility index (Phi) is 4.09. The first-order chi connectivity index (χ1) is 12.9. The normalized spacial score (nSPS) is 14.9. The summed E-state index contributed by atoms with van der Waals surface area (Å²) >= 11 is 0. The van der Waals surface area contributed by atoms with Crippen molar-refractivity contribution in [2.75, 3.05) is 5.32 Å².